The third-order valence-corrected chi connectivity index (χ3v) is 2.78. The van der Waals surface area contributed by atoms with Crippen LogP contribution in [0.4, 0.5) is 13.2 Å². The predicted octanol–water partition coefficient (Wildman–Crippen LogP) is 0.433. The van der Waals surface area contributed by atoms with E-state index in [4.69, 9.17) is 4.74 Å². The van der Waals surface area contributed by atoms with E-state index < -0.39 is 17.7 Å². The maximum atomic E-state index is 12.0. The minimum absolute atomic E-state index is 0.108. The van der Waals surface area contributed by atoms with Gasteiger partial charge in [0.05, 0.1) is 5.60 Å². The van der Waals surface area contributed by atoms with Gasteiger partial charge in [-0.2, -0.15) is 13.2 Å². The van der Waals surface area contributed by atoms with Crippen LogP contribution < -0.4 is 10.6 Å². The number of amides is 1. The standard InChI is InChI=1S/C9H15F3N2O2/c1-16-8(2-4-13-5-3-8)6-14-7(15)9(10,11)12/h13H,2-6H2,1H3,(H,14,15). The molecule has 0 bridgehead atoms. The highest BCUT2D eigenvalue weighted by atomic mass is 19.4. The Morgan fingerprint density at radius 1 is 1.44 bits per heavy atom. The monoisotopic (exact) mass is 240 g/mol. The predicted molar refractivity (Wildman–Crippen MR) is 50.9 cm³/mol. The number of halogens is 3. The van der Waals surface area contributed by atoms with Gasteiger partial charge in [-0.1, -0.05) is 0 Å². The van der Waals surface area contributed by atoms with Crippen LogP contribution >= 0.6 is 0 Å². The van der Waals surface area contributed by atoms with E-state index in [1.54, 1.807) is 0 Å². The van der Waals surface area contributed by atoms with E-state index in [0.29, 0.717) is 25.9 Å². The molecule has 16 heavy (non-hydrogen) atoms. The first-order valence-corrected chi connectivity index (χ1v) is 5.00. The van der Waals surface area contributed by atoms with E-state index >= 15 is 0 Å². The molecule has 0 saturated carbocycles. The molecule has 1 aliphatic rings. The third kappa shape index (κ3) is 3.34. The average molecular weight is 240 g/mol. The summed E-state index contributed by atoms with van der Waals surface area (Å²) in [6, 6.07) is 0. The molecule has 0 unspecified atom stereocenters. The zero-order valence-corrected chi connectivity index (χ0v) is 8.99. The van der Waals surface area contributed by atoms with Gasteiger partial charge in [0.1, 0.15) is 0 Å². The van der Waals surface area contributed by atoms with Crippen molar-refractivity contribution in [1.82, 2.24) is 10.6 Å². The van der Waals surface area contributed by atoms with Gasteiger partial charge in [-0.15, -0.1) is 0 Å². The topological polar surface area (TPSA) is 50.4 Å². The van der Waals surface area contributed by atoms with Gasteiger partial charge in [0, 0.05) is 13.7 Å². The highest BCUT2D eigenvalue weighted by Crippen LogP contribution is 2.22. The summed E-state index contributed by atoms with van der Waals surface area (Å²) in [6.07, 6.45) is -3.66. The average Bonchev–Trinajstić information content (AvgIpc) is 2.26. The summed E-state index contributed by atoms with van der Waals surface area (Å²) in [7, 11) is 1.45. The second-order valence-electron chi connectivity index (χ2n) is 3.82. The molecule has 0 radical (unpaired) electrons. The summed E-state index contributed by atoms with van der Waals surface area (Å²) in [4.78, 5) is 10.7. The summed E-state index contributed by atoms with van der Waals surface area (Å²) < 4.78 is 41.1. The second-order valence-corrected chi connectivity index (χ2v) is 3.82. The van der Waals surface area contributed by atoms with E-state index in [-0.39, 0.29) is 6.54 Å². The third-order valence-electron chi connectivity index (χ3n) is 2.78. The van der Waals surface area contributed by atoms with Crippen LogP contribution in [-0.4, -0.2) is 44.4 Å². The molecule has 0 aliphatic carbocycles. The number of nitrogens with one attached hydrogen (secondary N) is 2. The number of methoxy groups -OCH3 is 1. The summed E-state index contributed by atoms with van der Waals surface area (Å²) in [5.74, 6) is -1.91. The Labute approximate surface area is 91.5 Å². The van der Waals surface area contributed by atoms with Crippen LogP contribution in [0.3, 0.4) is 0 Å². The van der Waals surface area contributed by atoms with E-state index in [2.05, 4.69) is 5.32 Å². The minimum atomic E-state index is -4.83. The van der Waals surface area contributed by atoms with E-state index in [1.807, 2.05) is 5.32 Å². The fourth-order valence-electron chi connectivity index (χ4n) is 1.68. The maximum absolute atomic E-state index is 12.0. The molecule has 1 fully saturated rings. The Balaban J connectivity index is 2.48. The zero-order chi connectivity index (χ0) is 12.2. The zero-order valence-electron chi connectivity index (χ0n) is 8.99. The van der Waals surface area contributed by atoms with Crippen LogP contribution in [0.15, 0.2) is 0 Å². The molecule has 0 spiro atoms. The first-order chi connectivity index (χ1) is 7.40. The van der Waals surface area contributed by atoms with Gasteiger partial charge in [0.25, 0.3) is 0 Å². The van der Waals surface area contributed by atoms with Crippen molar-refractivity contribution in [2.24, 2.45) is 0 Å². The Morgan fingerprint density at radius 3 is 2.44 bits per heavy atom. The highest BCUT2D eigenvalue weighted by molar-refractivity contribution is 5.81. The fraction of sp³-hybridized carbons (Fsp3) is 0.889. The Kier molecular flexibility index (Phi) is 4.15. The second kappa shape index (κ2) is 5.01. The first kappa shape index (κ1) is 13.2. The van der Waals surface area contributed by atoms with Gasteiger partial charge in [-0.25, -0.2) is 0 Å². The molecule has 0 atom stereocenters. The minimum Gasteiger partial charge on any atom is -0.376 e. The number of hydrogen-bond donors (Lipinski definition) is 2. The smallest absolute Gasteiger partial charge is 0.376 e. The number of rotatable bonds is 3. The van der Waals surface area contributed by atoms with Crippen molar-refractivity contribution >= 4 is 5.91 Å². The van der Waals surface area contributed by atoms with Gasteiger partial charge in [-0.05, 0) is 25.9 Å². The van der Waals surface area contributed by atoms with Crippen molar-refractivity contribution in [3.05, 3.63) is 0 Å². The number of hydrogen-bond acceptors (Lipinski definition) is 3. The molecule has 0 aromatic heterocycles. The number of piperidine rings is 1. The number of alkyl halides is 3. The van der Waals surface area contributed by atoms with Crippen molar-refractivity contribution in [2.45, 2.75) is 24.6 Å². The van der Waals surface area contributed by atoms with Crippen molar-refractivity contribution in [2.75, 3.05) is 26.7 Å². The lowest BCUT2D eigenvalue weighted by atomic mass is 9.92. The molecule has 1 heterocycles. The van der Waals surface area contributed by atoms with Crippen molar-refractivity contribution in [1.29, 1.82) is 0 Å². The van der Waals surface area contributed by atoms with Gasteiger partial charge in [0.2, 0.25) is 0 Å². The molecule has 0 aromatic rings. The fourth-order valence-corrected chi connectivity index (χ4v) is 1.68. The molecular formula is C9H15F3N2O2. The van der Waals surface area contributed by atoms with E-state index in [0.717, 1.165) is 0 Å². The van der Waals surface area contributed by atoms with Crippen LogP contribution in [0.5, 0.6) is 0 Å². The summed E-state index contributed by atoms with van der Waals surface area (Å²) in [5, 5.41) is 4.94. The van der Waals surface area contributed by atoms with Gasteiger partial charge < -0.3 is 15.4 Å². The molecule has 0 aromatic carbocycles. The molecule has 1 rings (SSSR count). The molecule has 7 heteroatoms. The lowest BCUT2D eigenvalue weighted by molar-refractivity contribution is -0.175. The number of carbonyl (C=O) groups excluding carboxylic acids is 1. The molecule has 94 valence electrons. The van der Waals surface area contributed by atoms with Crippen LogP contribution in [-0.2, 0) is 9.53 Å². The summed E-state index contributed by atoms with van der Waals surface area (Å²) in [6.45, 7) is 1.25. The normalized spacial score (nSPS) is 20.5. The number of carbonyl (C=O) groups is 1. The Morgan fingerprint density at radius 2 is 2.00 bits per heavy atom. The Bertz CT molecular complexity index is 250. The quantitative estimate of drug-likeness (QED) is 0.752. The molecular weight excluding hydrogens is 225 g/mol. The maximum Gasteiger partial charge on any atom is 0.471 e. The highest BCUT2D eigenvalue weighted by Gasteiger charge is 2.40. The Hall–Kier alpha value is -0.820. The largest absolute Gasteiger partial charge is 0.471 e. The van der Waals surface area contributed by atoms with E-state index in [9.17, 15) is 18.0 Å². The van der Waals surface area contributed by atoms with E-state index in [1.165, 1.54) is 7.11 Å². The molecule has 4 nitrogen and oxygen atoms in total. The molecule has 1 amide bonds. The SMILES string of the molecule is COC1(CNC(=O)C(F)(F)F)CCNCC1. The van der Waals surface area contributed by atoms with Crippen LogP contribution in [0.1, 0.15) is 12.8 Å². The van der Waals surface area contributed by atoms with Crippen molar-refractivity contribution in [3.8, 4) is 0 Å². The summed E-state index contributed by atoms with van der Waals surface area (Å²) >= 11 is 0. The van der Waals surface area contributed by atoms with Crippen LogP contribution in [0, 0.1) is 0 Å². The van der Waals surface area contributed by atoms with Crippen LogP contribution in [0.25, 0.3) is 0 Å². The van der Waals surface area contributed by atoms with Crippen molar-refractivity contribution in [3.63, 3.8) is 0 Å². The lowest BCUT2D eigenvalue weighted by Crippen LogP contribution is -2.52. The number of ether oxygens (including phenoxy) is 1. The van der Waals surface area contributed by atoms with Crippen LogP contribution in [0.2, 0.25) is 0 Å². The molecule has 2 N–H and O–H groups in total. The lowest BCUT2D eigenvalue weighted by Gasteiger charge is -2.36. The summed E-state index contributed by atoms with van der Waals surface area (Å²) in [5.41, 5.74) is -0.674. The molecule has 1 aliphatic heterocycles. The molecule has 1 saturated heterocycles. The van der Waals surface area contributed by atoms with Gasteiger partial charge >= 0.3 is 12.1 Å². The van der Waals surface area contributed by atoms with Crippen molar-refractivity contribution < 1.29 is 22.7 Å². The van der Waals surface area contributed by atoms with Gasteiger partial charge in [0.15, 0.2) is 0 Å². The first-order valence-electron chi connectivity index (χ1n) is 5.00. The van der Waals surface area contributed by atoms with Gasteiger partial charge in [-0.3, -0.25) is 4.79 Å².